The van der Waals surface area contributed by atoms with Crippen molar-refractivity contribution in [2.45, 2.75) is 6.42 Å². The van der Waals surface area contributed by atoms with E-state index in [4.69, 9.17) is 11.6 Å². The number of Topliss-reactive ketones (excluding diaryl/α,β-unsaturated/α-hetero) is 1. The van der Waals surface area contributed by atoms with Crippen LogP contribution in [0.3, 0.4) is 0 Å². The predicted octanol–water partition coefficient (Wildman–Crippen LogP) is 2.86. The van der Waals surface area contributed by atoms with Gasteiger partial charge in [-0.05, 0) is 34.5 Å². The Morgan fingerprint density at radius 2 is 2.11 bits per heavy atom. The summed E-state index contributed by atoms with van der Waals surface area (Å²) in [7, 11) is -3.17. The summed E-state index contributed by atoms with van der Waals surface area (Å²) in [6, 6.07) is 2.79. The maximum absolute atomic E-state index is 13.8. The molecule has 1 unspecified atom stereocenters. The van der Waals surface area contributed by atoms with Crippen LogP contribution in [0, 0.1) is 11.7 Å². The molecule has 0 aromatic heterocycles. The van der Waals surface area contributed by atoms with E-state index in [-0.39, 0.29) is 28.5 Å². The highest BCUT2D eigenvalue weighted by molar-refractivity contribution is 9.10. The van der Waals surface area contributed by atoms with Crippen molar-refractivity contribution in [2.24, 2.45) is 5.92 Å². The Morgan fingerprint density at radius 1 is 1.44 bits per heavy atom. The summed E-state index contributed by atoms with van der Waals surface area (Å²) in [5.74, 6) is -2.20. The molecule has 0 spiro atoms. The van der Waals surface area contributed by atoms with Crippen LogP contribution in [0.4, 0.5) is 4.39 Å². The third kappa shape index (κ3) is 2.60. The summed E-state index contributed by atoms with van der Waals surface area (Å²) in [4.78, 5) is 12.0. The zero-order valence-corrected chi connectivity index (χ0v) is 12.3. The first kappa shape index (κ1) is 14.0. The lowest BCUT2D eigenvalue weighted by atomic mass is 9.97. The van der Waals surface area contributed by atoms with Gasteiger partial charge in [-0.15, -0.1) is 0 Å². The van der Waals surface area contributed by atoms with Crippen molar-refractivity contribution in [1.29, 1.82) is 0 Å². The molecule has 7 heteroatoms. The number of carbonyl (C=O) groups excluding carboxylic acids is 1. The number of halogens is 3. The maximum atomic E-state index is 13.8. The summed E-state index contributed by atoms with van der Waals surface area (Å²) in [6.45, 7) is 0. The standard InChI is InChI=1S/C11H9BrClFO3S/c12-8-2-1-7(10(14)9(8)13)11(15)6-3-4-18(16,17)5-6/h1-2,6H,3-5H2. The fourth-order valence-electron chi connectivity index (χ4n) is 1.94. The molecule has 0 radical (unpaired) electrons. The Bertz CT molecular complexity index is 615. The molecule has 1 heterocycles. The minimum Gasteiger partial charge on any atom is -0.294 e. The minimum absolute atomic E-state index is 0.0186. The van der Waals surface area contributed by atoms with Crippen LogP contribution in [-0.2, 0) is 9.84 Å². The van der Waals surface area contributed by atoms with Crippen molar-refractivity contribution < 1.29 is 17.6 Å². The molecule has 0 aliphatic carbocycles. The minimum atomic E-state index is -3.17. The van der Waals surface area contributed by atoms with Gasteiger partial charge in [-0.3, -0.25) is 4.79 Å². The smallest absolute Gasteiger partial charge is 0.169 e. The molecule has 98 valence electrons. The van der Waals surface area contributed by atoms with Gasteiger partial charge in [0, 0.05) is 10.4 Å². The molecule has 0 N–H and O–H groups in total. The average Bonchev–Trinajstić information content (AvgIpc) is 2.66. The van der Waals surface area contributed by atoms with Gasteiger partial charge in [-0.2, -0.15) is 0 Å². The van der Waals surface area contributed by atoms with Crippen LogP contribution in [0.5, 0.6) is 0 Å². The first-order chi connectivity index (χ1) is 8.32. The largest absolute Gasteiger partial charge is 0.294 e. The molecular weight excluding hydrogens is 347 g/mol. The van der Waals surface area contributed by atoms with Gasteiger partial charge in [0.1, 0.15) is 0 Å². The quantitative estimate of drug-likeness (QED) is 0.605. The van der Waals surface area contributed by atoms with Gasteiger partial charge in [0.15, 0.2) is 21.4 Å². The van der Waals surface area contributed by atoms with E-state index in [1.54, 1.807) is 0 Å². The Kier molecular flexibility index (Phi) is 3.80. The van der Waals surface area contributed by atoms with Gasteiger partial charge in [0.25, 0.3) is 0 Å². The van der Waals surface area contributed by atoms with E-state index in [9.17, 15) is 17.6 Å². The highest BCUT2D eigenvalue weighted by Crippen LogP contribution is 2.30. The number of ketones is 1. The lowest BCUT2D eigenvalue weighted by molar-refractivity contribution is 0.0929. The second kappa shape index (κ2) is 4.90. The van der Waals surface area contributed by atoms with Crippen LogP contribution in [0.1, 0.15) is 16.8 Å². The molecule has 2 rings (SSSR count). The number of sulfone groups is 1. The predicted molar refractivity (Wildman–Crippen MR) is 70.2 cm³/mol. The molecule has 1 aliphatic rings. The Labute approximate surface area is 117 Å². The van der Waals surface area contributed by atoms with Crippen molar-refractivity contribution >= 4 is 43.2 Å². The van der Waals surface area contributed by atoms with E-state index in [0.717, 1.165) is 0 Å². The van der Waals surface area contributed by atoms with Gasteiger partial charge in [0.2, 0.25) is 0 Å². The second-order valence-electron chi connectivity index (χ2n) is 4.19. The Balaban J connectivity index is 2.33. The molecule has 18 heavy (non-hydrogen) atoms. The highest BCUT2D eigenvalue weighted by Gasteiger charge is 2.34. The third-order valence-electron chi connectivity index (χ3n) is 2.90. The van der Waals surface area contributed by atoms with Crippen LogP contribution in [0.2, 0.25) is 5.02 Å². The molecular formula is C11H9BrClFO3S. The lowest BCUT2D eigenvalue weighted by Gasteiger charge is -2.09. The summed E-state index contributed by atoms with van der Waals surface area (Å²) >= 11 is 8.75. The molecule has 1 fully saturated rings. The molecule has 3 nitrogen and oxygen atoms in total. The second-order valence-corrected chi connectivity index (χ2v) is 7.65. The monoisotopic (exact) mass is 354 g/mol. The van der Waals surface area contributed by atoms with Gasteiger partial charge in [-0.25, -0.2) is 12.8 Å². The van der Waals surface area contributed by atoms with Crippen LogP contribution < -0.4 is 0 Å². The topological polar surface area (TPSA) is 51.2 Å². The van der Waals surface area contributed by atoms with E-state index < -0.39 is 27.4 Å². The molecule has 1 aromatic carbocycles. The van der Waals surface area contributed by atoms with E-state index in [2.05, 4.69) is 15.9 Å². The molecule has 0 amide bonds. The number of rotatable bonds is 2. The van der Waals surface area contributed by atoms with Crippen molar-refractivity contribution in [2.75, 3.05) is 11.5 Å². The Morgan fingerprint density at radius 3 is 2.67 bits per heavy atom. The molecule has 1 aliphatic heterocycles. The van der Waals surface area contributed by atoms with Crippen LogP contribution >= 0.6 is 27.5 Å². The maximum Gasteiger partial charge on any atom is 0.169 e. The number of benzene rings is 1. The molecule has 1 atom stereocenters. The van der Waals surface area contributed by atoms with Crippen molar-refractivity contribution in [3.8, 4) is 0 Å². The number of hydrogen-bond acceptors (Lipinski definition) is 3. The summed E-state index contributed by atoms with van der Waals surface area (Å²) < 4.78 is 36.8. The van der Waals surface area contributed by atoms with Gasteiger partial charge in [0.05, 0.1) is 22.1 Å². The lowest BCUT2D eigenvalue weighted by Crippen LogP contribution is -2.17. The normalized spacial score (nSPS) is 22.1. The van der Waals surface area contributed by atoms with Crippen molar-refractivity contribution in [1.82, 2.24) is 0 Å². The Hall–Kier alpha value is -0.460. The van der Waals surface area contributed by atoms with E-state index in [1.807, 2.05) is 0 Å². The van der Waals surface area contributed by atoms with E-state index in [1.165, 1.54) is 12.1 Å². The number of hydrogen-bond donors (Lipinski definition) is 0. The number of carbonyl (C=O) groups is 1. The van der Waals surface area contributed by atoms with Crippen molar-refractivity contribution in [3.05, 3.63) is 33.0 Å². The van der Waals surface area contributed by atoms with Crippen LogP contribution in [0.15, 0.2) is 16.6 Å². The summed E-state index contributed by atoms with van der Waals surface area (Å²) in [6.07, 6.45) is 0.244. The SMILES string of the molecule is O=C(c1ccc(Br)c(Cl)c1F)C1CCS(=O)(=O)C1. The summed E-state index contributed by atoms with van der Waals surface area (Å²) in [5, 5.41) is -0.165. The van der Waals surface area contributed by atoms with Gasteiger partial charge < -0.3 is 0 Å². The fraction of sp³-hybridized carbons (Fsp3) is 0.364. The summed E-state index contributed by atoms with van der Waals surface area (Å²) in [5.41, 5.74) is -0.148. The molecule has 0 saturated carbocycles. The molecule has 0 bridgehead atoms. The molecule has 1 aromatic rings. The zero-order valence-electron chi connectivity index (χ0n) is 9.12. The van der Waals surface area contributed by atoms with E-state index in [0.29, 0.717) is 4.47 Å². The van der Waals surface area contributed by atoms with E-state index >= 15 is 0 Å². The fourth-order valence-corrected chi connectivity index (χ4v) is 4.15. The average molecular weight is 356 g/mol. The first-order valence-corrected chi connectivity index (χ1v) is 8.19. The van der Waals surface area contributed by atoms with Crippen LogP contribution in [0.25, 0.3) is 0 Å². The molecule has 1 saturated heterocycles. The van der Waals surface area contributed by atoms with Gasteiger partial charge in [-0.1, -0.05) is 11.6 Å². The zero-order chi connectivity index (χ0) is 13.5. The van der Waals surface area contributed by atoms with Crippen molar-refractivity contribution in [3.63, 3.8) is 0 Å². The highest BCUT2D eigenvalue weighted by atomic mass is 79.9. The first-order valence-electron chi connectivity index (χ1n) is 5.20. The third-order valence-corrected chi connectivity index (χ3v) is 5.93. The van der Waals surface area contributed by atoms with Crippen LogP contribution in [-0.4, -0.2) is 25.7 Å². The van der Waals surface area contributed by atoms with Gasteiger partial charge >= 0.3 is 0 Å².